The van der Waals surface area contributed by atoms with E-state index >= 15 is 0 Å². The first-order valence-corrected chi connectivity index (χ1v) is 6.96. The van der Waals surface area contributed by atoms with Gasteiger partial charge in [0, 0.05) is 5.75 Å². The van der Waals surface area contributed by atoms with Crippen molar-refractivity contribution >= 4 is 23.8 Å². The van der Waals surface area contributed by atoms with Gasteiger partial charge in [0.1, 0.15) is 6.04 Å². The van der Waals surface area contributed by atoms with E-state index in [9.17, 15) is 9.59 Å². The number of unbranched alkanes of at least 4 members (excludes halogenated alkanes) is 1. The molecule has 0 spiro atoms. The largest absolute Gasteiger partial charge is 0.480 e. The number of aliphatic carboxylic acids is 1. The summed E-state index contributed by atoms with van der Waals surface area (Å²) in [5.74, 6) is -0.507. The first kappa shape index (κ1) is 14.2. The predicted molar refractivity (Wildman–Crippen MR) is 66.1 cm³/mol. The molecule has 5 nitrogen and oxygen atoms in total. The number of carbonyl (C=O) groups is 2. The summed E-state index contributed by atoms with van der Waals surface area (Å²) in [5, 5.41) is 9.02. The quantitative estimate of drug-likeness (QED) is 0.821. The van der Waals surface area contributed by atoms with Crippen LogP contribution in [0.25, 0.3) is 0 Å². The van der Waals surface area contributed by atoms with Crippen LogP contribution < -0.4 is 0 Å². The molecular formula is C11H19NO4S. The first-order valence-electron chi connectivity index (χ1n) is 5.91. The van der Waals surface area contributed by atoms with Crippen molar-refractivity contribution in [1.29, 1.82) is 0 Å². The molecule has 1 aliphatic rings. The summed E-state index contributed by atoms with van der Waals surface area (Å²) in [6, 6.07) is -0.749. The van der Waals surface area contributed by atoms with Gasteiger partial charge in [-0.05, 0) is 13.3 Å². The minimum Gasteiger partial charge on any atom is -0.480 e. The van der Waals surface area contributed by atoms with Gasteiger partial charge < -0.3 is 9.84 Å². The van der Waals surface area contributed by atoms with E-state index in [1.54, 1.807) is 6.92 Å². The number of carboxylic acid groups (broad SMARTS) is 1. The monoisotopic (exact) mass is 261 g/mol. The molecule has 6 heteroatoms. The summed E-state index contributed by atoms with van der Waals surface area (Å²) < 4.78 is 4.93. The van der Waals surface area contributed by atoms with E-state index in [4.69, 9.17) is 9.84 Å². The van der Waals surface area contributed by atoms with Crippen molar-refractivity contribution < 1.29 is 19.4 Å². The predicted octanol–water partition coefficient (Wildman–Crippen LogP) is 2.16. The normalized spacial score (nSPS) is 23.8. The molecule has 1 aliphatic heterocycles. The highest BCUT2D eigenvalue weighted by molar-refractivity contribution is 8.00. The van der Waals surface area contributed by atoms with Gasteiger partial charge in [-0.2, -0.15) is 0 Å². The Balaban J connectivity index is 2.71. The van der Waals surface area contributed by atoms with E-state index in [-0.39, 0.29) is 12.0 Å². The Bertz CT molecular complexity index is 285. The lowest BCUT2D eigenvalue weighted by molar-refractivity contribution is -0.141. The van der Waals surface area contributed by atoms with E-state index in [0.29, 0.717) is 5.75 Å². The molecule has 0 radical (unpaired) electrons. The molecule has 2 atom stereocenters. The average Bonchev–Trinajstić information content (AvgIpc) is 2.70. The number of rotatable bonds is 5. The fourth-order valence-corrected chi connectivity index (χ4v) is 3.23. The van der Waals surface area contributed by atoms with Gasteiger partial charge in [0.2, 0.25) is 0 Å². The second-order valence-electron chi connectivity index (χ2n) is 3.89. The van der Waals surface area contributed by atoms with Gasteiger partial charge in [0.25, 0.3) is 0 Å². The molecule has 1 N–H and O–H groups in total. The summed E-state index contributed by atoms with van der Waals surface area (Å²) in [6.45, 7) is 4.06. The van der Waals surface area contributed by atoms with Crippen LogP contribution in [0.15, 0.2) is 0 Å². The van der Waals surface area contributed by atoms with Crippen LogP contribution in [0, 0.1) is 0 Å². The van der Waals surface area contributed by atoms with E-state index in [1.165, 1.54) is 16.7 Å². The number of carbonyl (C=O) groups excluding carboxylic acids is 1. The maximum absolute atomic E-state index is 11.8. The minimum atomic E-state index is -0.954. The van der Waals surface area contributed by atoms with Gasteiger partial charge in [0.15, 0.2) is 0 Å². The van der Waals surface area contributed by atoms with Gasteiger partial charge in [-0.3, -0.25) is 4.90 Å². The minimum absolute atomic E-state index is 0.0601. The van der Waals surface area contributed by atoms with Crippen LogP contribution in [0.4, 0.5) is 4.79 Å². The molecule has 0 aliphatic carbocycles. The number of carboxylic acids is 1. The smallest absolute Gasteiger partial charge is 0.411 e. The SMILES string of the molecule is CCCCC1SCC(C(=O)O)N1C(=O)OCC. The number of hydrogen-bond acceptors (Lipinski definition) is 4. The molecule has 0 aromatic carbocycles. The second-order valence-corrected chi connectivity index (χ2v) is 5.10. The fourth-order valence-electron chi connectivity index (χ4n) is 1.80. The van der Waals surface area contributed by atoms with E-state index in [1.807, 2.05) is 0 Å². The fraction of sp³-hybridized carbons (Fsp3) is 0.818. The van der Waals surface area contributed by atoms with Crippen LogP contribution >= 0.6 is 11.8 Å². The van der Waals surface area contributed by atoms with Crippen molar-refractivity contribution in [3.63, 3.8) is 0 Å². The molecule has 1 heterocycles. The van der Waals surface area contributed by atoms with Gasteiger partial charge in [0.05, 0.1) is 12.0 Å². The Morgan fingerprint density at radius 2 is 2.18 bits per heavy atom. The number of nitrogens with zero attached hydrogens (tertiary/aromatic N) is 1. The van der Waals surface area contributed by atoms with E-state index in [2.05, 4.69) is 6.92 Å². The van der Waals surface area contributed by atoms with Gasteiger partial charge in [-0.25, -0.2) is 9.59 Å². The third-order valence-electron chi connectivity index (χ3n) is 2.66. The lowest BCUT2D eigenvalue weighted by Gasteiger charge is -2.26. The van der Waals surface area contributed by atoms with Crippen LogP contribution in [0.5, 0.6) is 0 Å². The second kappa shape index (κ2) is 6.74. The zero-order valence-electron chi connectivity index (χ0n) is 10.2. The highest BCUT2D eigenvalue weighted by Crippen LogP contribution is 2.33. The average molecular weight is 261 g/mol. The van der Waals surface area contributed by atoms with Gasteiger partial charge in [-0.1, -0.05) is 19.8 Å². The Hall–Kier alpha value is -0.910. The van der Waals surface area contributed by atoms with Crippen LogP contribution in [-0.4, -0.2) is 45.8 Å². The van der Waals surface area contributed by atoms with Crippen LogP contribution in [-0.2, 0) is 9.53 Å². The summed E-state index contributed by atoms with van der Waals surface area (Å²) in [5.41, 5.74) is 0. The van der Waals surface area contributed by atoms with Crippen LogP contribution in [0.3, 0.4) is 0 Å². The van der Waals surface area contributed by atoms with Crippen molar-refractivity contribution in [2.75, 3.05) is 12.4 Å². The third kappa shape index (κ3) is 3.52. The van der Waals surface area contributed by atoms with Crippen molar-refractivity contribution in [2.24, 2.45) is 0 Å². The molecule has 1 rings (SSSR count). The van der Waals surface area contributed by atoms with Crippen molar-refractivity contribution in [3.8, 4) is 0 Å². The van der Waals surface area contributed by atoms with Crippen molar-refractivity contribution in [3.05, 3.63) is 0 Å². The standard InChI is InChI=1S/C11H19NO4S/c1-3-5-6-9-12(11(15)16-4-2)8(7-17-9)10(13)14/h8-9H,3-7H2,1-2H3,(H,13,14). The van der Waals surface area contributed by atoms with Gasteiger partial charge >= 0.3 is 12.1 Å². The highest BCUT2D eigenvalue weighted by Gasteiger charge is 2.42. The molecule has 98 valence electrons. The van der Waals surface area contributed by atoms with Crippen molar-refractivity contribution in [1.82, 2.24) is 4.90 Å². The molecular weight excluding hydrogens is 242 g/mol. The van der Waals surface area contributed by atoms with E-state index in [0.717, 1.165) is 19.3 Å². The Morgan fingerprint density at radius 1 is 1.47 bits per heavy atom. The number of ether oxygens (including phenoxy) is 1. The molecule has 1 saturated heterocycles. The molecule has 0 saturated carbocycles. The summed E-state index contributed by atoms with van der Waals surface area (Å²) >= 11 is 1.53. The molecule has 17 heavy (non-hydrogen) atoms. The van der Waals surface area contributed by atoms with E-state index < -0.39 is 18.1 Å². The molecule has 0 bridgehead atoms. The zero-order chi connectivity index (χ0) is 12.8. The molecule has 1 fully saturated rings. The Morgan fingerprint density at radius 3 is 2.71 bits per heavy atom. The van der Waals surface area contributed by atoms with Crippen LogP contribution in [0.2, 0.25) is 0 Å². The van der Waals surface area contributed by atoms with Crippen LogP contribution in [0.1, 0.15) is 33.1 Å². The molecule has 0 aromatic rings. The lowest BCUT2D eigenvalue weighted by atomic mass is 10.2. The number of thioether (sulfide) groups is 1. The Labute approximate surface area is 105 Å². The zero-order valence-corrected chi connectivity index (χ0v) is 11.0. The molecule has 1 amide bonds. The van der Waals surface area contributed by atoms with Gasteiger partial charge in [-0.15, -0.1) is 11.8 Å². The molecule has 0 aromatic heterocycles. The number of amides is 1. The molecule has 2 unspecified atom stereocenters. The summed E-state index contributed by atoms with van der Waals surface area (Å²) in [7, 11) is 0. The lowest BCUT2D eigenvalue weighted by Crippen LogP contribution is -2.45. The third-order valence-corrected chi connectivity index (χ3v) is 4.02. The number of hydrogen-bond donors (Lipinski definition) is 1. The summed E-state index contributed by atoms with van der Waals surface area (Å²) in [6.07, 6.45) is 2.33. The topological polar surface area (TPSA) is 66.8 Å². The highest BCUT2D eigenvalue weighted by atomic mass is 32.2. The Kier molecular flexibility index (Phi) is 5.61. The maximum Gasteiger partial charge on any atom is 0.411 e. The maximum atomic E-state index is 11.8. The first-order chi connectivity index (χ1) is 8.11. The summed E-state index contributed by atoms with van der Waals surface area (Å²) in [4.78, 5) is 24.2. The van der Waals surface area contributed by atoms with Crippen molar-refractivity contribution in [2.45, 2.75) is 44.5 Å².